The van der Waals surface area contributed by atoms with E-state index in [9.17, 15) is 44.0 Å². The smallest absolute Gasteiger partial charge is 0.296 e. The number of benzene rings is 3. The maximum Gasteiger partial charge on any atom is 0.296 e. The van der Waals surface area contributed by atoms with E-state index in [2.05, 4.69) is 15.5 Å². The van der Waals surface area contributed by atoms with Crippen molar-refractivity contribution in [2.45, 2.75) is 21.6 Å². The number of phenols is 1. The summed E-state index contributed by atoms with van der Waals surface area (Å²) in [4.78, 5) is -2.55. The molecule has 0 saturated carbocycles. The van der Waals surface area contributed by atoms with Crippen molar-refractivity contribution in [2.24, 2.45) is 10.2 Å². The Labute approximate surface area is 194 Å². The molecule has 34 heavy (non-hydrogen) atoms. The van der Waals surface area contributed by atoms with Crippen LogP contribution in [0.15, 0.2) is 61.3 Å². The van der Waals surface area contributed by atoms with Crippen molar-refractivity contribution in [2.75, 3.05) is 12.4 Å². The van der Waals surface area contributed by atoms with Gasteiger partial charge in [0.05, 0.1) is 4.90 Å². The second kappa shape index (κ2) is 8.57. The maximum atomic E-state index is 12.0. The number of hydrogen-bond acceptors (Lipinski definition) is 10. The fourth-order valence-electron chi connectivity index (χ4n) is 3.12. The summed E-state index contributed by atoms with van der Waals surface area (Å²) in [5, 5.41) is 20.8. The van der Waals surface area contributed by atoms with E-state index in [-0.39, 0.29) is 16.3 Å². The second-order valence-corrected chi connectivity index (χ2v) is 11.1. The molecule has 0 aliphatic rings. The standard InChI is InChI=1S/C18H17N3O10S3/c1-9-5-15(33(26,27)28)13(8-14(9)32(23,24)25)20-21-17-16(34(29,30)31)7-10-6-11(19-2)3-4-12(10)18(17)22/h3-8,19,22H,1-2H3,(H,23,24,25)(H,26,27,28)(H,29,30,31). The molecule has 0 radical (unpaired) electrons. The predicted octanol–water partition coefficient (Wildman–Crippen LogP) is 3.05. The largest absolute Gasteiger partial charge is 0.505 e. The number of nitrogens with zero attached hydrogens (tertiary/aromatic N) is 2. The molecule has 182 valence electrons. The molecule has 0 atom stereocenters. The molecule has 5 N–H and O–H groups in total. The number of anilines is 1. The first kappa shape index (κ1) is 25.5. The van der Waals surface area contributed by atoms with Gasteiger partial charge in [0.2, 0.25) is 0 Å². The average molecular weight is 532 g/mol. The number of rotatable bonds is 6. The van der Waals surface area contributed by atoms with E-state index in [1.54, 1.807) is 13.1 Å². The summed E-state index contributed by atoms with van der Waals surface area (Å²) in [5.74, 6) is -0.743. The van der Waals surface area contributed by atoms with Crippen LogP contribution in [0.4, 0.5) is 17.1 Å². The van der Waals surface area contributed by atoms with Crippen LogP contribution in [0, 0.1) is 6.92 Å². The fourth-order valence-corrected chi connectivity index (χ4v) is 5.19. The lowest BCUT2D eigenvalue weighted by molar-refractivity contribution is 0.472. The van der Waals surface area contributed by atoms with Gasteiger partial charge in [0.1, 0.15) is 21.2 Å². The van der Waals surface area contributed by atoms with Crippen molar-refractivity contribution in [3.8, 4) is 5.75 Å². The van der Waals surface area contributed by atoms with E-state index < -0.39 is 62.2 Å². The molecule has 0 aliphatic carbocycles. The highest BCUT2D eigenvalue weighted by Crippen LogP contribution is 2.42. The van der Waals surface area contributed by atoms with Crippen molar-refractivity contribution >= 4 is 58.2 Å². The van der Waals surface area contributed by atoms with Gasteiger partial charge < -0.3 is 10.4 Å². The summed E-state index contributed by atoms with van der Waals surface area (Å²) in [7, 11) is -13.2. The van der Waals surface area contributed by atoms with Gasteiger partial charge in [-0.15, -0.1) is 10.2 Å². The van der Waals surface area contributed by atoms with Crippen molar-refractivity contribution in [3.05, 3.63) is 42.0 Å². The highest BCUT2D eigenvalue weighted by Gasteiger charge is 2.25. The first-order valence-corrected chi connectivity index (χ1v) is 13.3. The zero-order valence-electron chi connectivity index (χ0n) is 17.3. The van der Waals surface area contributed by atoms with Gasteiger partial charge in [0, 0.05) is 18.1 Å². The quantitative estimate of drug-likeness (QED) is 0.230. The minimum absolute atomic E-state index is 0.0953. The topological polar surface area (TPSA) is 220 Å². The average Bonchev–Trinajstić information content (AvgIpc) is 2.70. The van der Waals surface area contributed by atoms with Crippen molar-refractivity contribution < 1.29 is 44.0 Å². The number of nitrogens with one attached hydrogen (secondary N) is 1. The summed E-state index contributed by atoms with van der Waals surface area (Å²) < 4.78 is 99.1. The minimum Gasteiger partial charge on any atom is -0.505 e. The zero-order chi connectivity index (χ0) is 25.6. The highest BCUT2D eigenvalue weighted by atomic mass is 32.2. The van der Waals surface area contributed by atoms with E-state index in [0.29, 0.717) is 17.8 Å². The number of aromatic hydroxyl groups is 1. The third-order valence-corrected chi connectivity index (χ3v) is 7.43. The number of aryl methyl sites for hydroxylation is 1. The Kier molecular flexibility index (Phi) is 6.42. The Balaban J connectivity index is 2.36. The van der Waals surface area contributed by atoms with Gasteiger partial charge in [-0.05, 0) is 54.3 Å². The molecule has 0 spiro atoms. The van der Waals surface area contributed by atoms with Crippen LogP contribution in [0.1, 0.15) is 5.56 Å². The van der Waals surface area contributed by atoms with Crippen LogP contribution in [0.2, 0.25) is 0 Å². The zero-order valence-corrected chi connectivity index (χ0v) is 19.8. The van der Waals surface area contributed by atoms with Crippen LogP contribution < -0.4 is 5.32 Å². The van der Waals surface area contributed by atoms with Gasteiger partial charge in [-0.25, -0.2) is 0 Å². The van der Waals surface area contributed by atoms with Crippen molar-refractivity contribution in [1.29, 1.82) is 0 Å². The van der Waals surface area contributed by atoms with Crippen LogP contribution in [0.25, 0.3) is 10.8 Å². The molecule has 0 fully saturated rings. The van der Waals surface area contributed by atoms with Crippen LogP contribution in [0.5, 0.6) is 5.75 Å². The summed E-state index contributed by atoms with van der Waals surface area (Å²) in [6.07, 6.45) is 0. The number of phenolic OH excluding ortho intramolecular Hbond substituents is 1. The molecule has 0 unspecified atom stereocenters. The molecule has 3 rings (SSSR count). The Bertz CT molecular complexity index is 1680. The summed E-state index contributed by atoms with van der Waals surface area (Å²) >= 11 is 0. The first-order chi connectivity index (χ1) is 15.5. The minimum atomic E-state index is -4.99. The molecule has 0 aliphatic heterocycles. The Morgan fingerprint density at radius 2 is 1.35 bits per heavy atom. The third-order valence-electron chi connectivity index (χ3n) is 4.69. The van der Waals surface area contributed by atoms with Gasteiger partial charge in [0.15, 0.2) is 5.75 Å². The molecule has 3 aromatic carbocycles. The number of hydrogen-bond donors (Lipinski definition) is 5. The molecule has 0 amide bonds. The fraction of sp³-hybridized carbons (Fsp3) is 0.111. The van der Waals surface area contributed by atoms with Crippen LogP contribution >= 0.6 is 0 Å². The Morgan fingerprint density at radius 1 is 0.765 bits per heavy atom. The lowest BCUT2D eigenvalue weighted by Crippen LogP contribution is -2.05. The monoisotopic (exact) mass is 531 g/mol. The summed E-state index contributed by atoms with van der Waals surface area (Å²) in [6.45, 7) is 1.14. The van der Waals surface area contributed by atoms with Crippen molar-refractivity contribution in [3.63, 3.8) is 0 Å². The van der Waals surface area contributed by atoms with E-state index in [1.807, 2.05) is 0 Å². The van der Waals surface area contributed by atoms with Crippen LogP contribution in [-0.2, 0) is 30.4 Å². The molecule has 0 aromatic heterocycles. The summed E-state index contributed by atoms with van der Waals surface area (Å²) in [6, 6.07) is 6.71. The van der Waals surface area contributed by atoms with Gasteiger partial charge in [0.25, 0.3) is 30.4 Å². The van der Waals surface area contributed by atoms with Gasteiger partial charge in [-0.1, -0.05) is 0 Å². The first-order valence-electron chi connectivity index (χ1n) is 9.00. The Hall–Kier alpha value is -3.15. The lowest BCUT2D eigenvalue weighted by Gasteiger charge is -2.11. The number of fused-ring (bicyclic) bond motifs is 1. The molecular weight excluding hydrogens is 514 g/mol. The molecule has 13 nitrogen and oxygen atoms in total. The third kappa shape index (κ3) is 5.01. The number of azo groups is 1. The molecule has 3 aromatic rings. The maximum absolute atomic E-state index is 12.0. The molecule has 0 bridgehead atoms. The SMILES string of the molecule is CNc1ccc2c(O)c(N=Nc3cc(S(=O)(=O)O)c(C)cc3S(=O)(=O)O)c(S(=O)(=O)O)cc2c1. The van der Waals surface area contributed by atoms with Gasteiger partial charge >= 0.3 is 0 Å². The predicted molar refractivity (Wildman–Crippen MR) is 120 cm³/mol. The van der Waals surface area contributed by atoms with E-state index in [0.717, 1.165) is 13.0 Å². The van der Waals surface area contributed by atoms with E-state index >= 15 is 0 Å². The van der Waals surface area contributed by atoms with Gasteiger partial charge in [-0.2, -0.15) is 25.3 Å². The van der Waals surface area contributed by atoms with E-state index in [1.165, 1.54) is 12.1 Å². The molecule has 0 heterocycles. The lowest BCUT2D eigenvalue weighted by atomic mass is 10.1. The highest BCUT2D eigenvalue weighted by molar-refractivity contribution is 7.86. The van der Waals surface area contributed by atoms with Crippen LogP contribution in [-0.4, -0.2) is 51.1 Å². The van der Waals surface area contributed by atoms with Crippen LogP contribution in [0.3, 0.4) is 0 Å². The van der Waals surface area contributed by atoms with E-state index in [4.69, 9.17) is 0 Å². The molecule has 16 heteroatoms. The second-order valence-electron chi connectivity index (χ2n) is 6.97. The molecular formula is C18H17N3O10S3. The summed E-state index contributed by atoms with van der Waals surface area (Å²) in [5.41, 5.74) is -1.28. The normalized spacial score (nSPS) is 13.0. The van der Waals surface area contributed by atoms with Gasteiger partial charge in [-0.3, -0.25) is 13.7 Å². The molecule has 0 saturated heterocycles. The Morgan fingerprint density at radius 3 is 1.88 bits per heavy atom. The van der Waals surface area contributed by atoms with Crippen molar-refractivity contribution in [1.82, 2.24) is 0 Å².